The number of nitrogens with one attached hydrogen (secondary N) is 1. The molecule has 1 N–H and O–H groups in total. The molecule has 157 valence electrons. The summed E-state index contributed by atoms with van der Waals surface area (Å²) in [5, 5.41) is 8.00. The summed E-state index contributed by atoms with van der Waals surface area (Å²) in [7, 11) is 0. The Balaban J connectivity index is 1.50. The highest BCUT2D eigenvalue weighted by Gasteiger charge is 2.06. The second-order valence-corrected chi connectivity index (χ2v) is 7.81. The second kappa shape index (κ2) is 10.6. The van der Waals surface area contributed by atoms with Crippen molar-refractivity contribution in [2.45, 2.75) is 39.0 Å². The summed E-state index contributed by atoms with van der Waals surface area (Å²) in [4.78, 5) is 4.31. The molecule has 0 bridgehead atoms. The third-order valence-electron chi connectivity index (χ3n) is 5.42. The molecule has 0 aliphatic carbocycles. The Morgan fingerprint density at radius 3 is 2.81 bits per heavy atom. The minimum absolute atomic E-state index is 0.732. The van der Waals surface area contributed by atoms with E-state index < -0.39 is 0 Å². The summed E-state index contributed by atoms with van der Waals surface area (Å²) in [6.07, 6.45) is 12.0. The van der Waals surface area contributed by atoms with Crippen molar-refractivity contribution < 1.29 is 0 Å². The molecule has 0 aliphatic heterocycles. The van der Waals surface area contributed by atoms with Crippen molar-refractivity contribution in [3.05, 3.63) is 90.3 Å². The molecule has 0 saturated carbocycles. The van der Waals surface area contributed by atoms with Crippen LogP contribution in [0.15, 0.2) is 78.6 Å². The van der Waals surface area contributed by atoms with Crippen molar-refractivity contribution in [2.75, 3.05) is 11.9 Å². The van der Waals surface area contributed by atoms with E-state index in [1.807, 2.05) is 10.6 Å². The van der Waals surface area contributed by atoms with Gasteiger partial charge in [0.05, 0.1) is 18.0 Å². The van der Waals surface area contributed by atoms with E-state index in [9.17, 15) is 0 Å². The van der Waals surface area contributed by atoms with Crippen LogP contribution in [0.5, 0.6) is 0 Å². The Kier molecular flexibility index (Phi) is 7.12. The van der Waals surface area contributed by atoms with Gasteiger partial charge in [-0.05, 0) is 36.6 Å². The Bertz CT molecular complexity index is 1130. The number of benzene rings is 2. The van der Waals surface area contributed by atoms with Gasteiger partial charge in [-0.2, -0.15) is 5.10 Å². The molecule has 4 rings (SSSR count). The van der Waals surface area contributed by atoms with Crippen molar-refractivity contribution in [2.24, 2.45) is 0 Å². The van der Waals surface area contributed by atoms with Gasteiger partial charge in [-0.15, -0.1) is 0 Å². The van der Waals surface area contributed by atoms with Gasteiger partial charge in [-0.1, -0.05) is 80.3 Å². The molecular weight excluding hydrogens is 380 g/mol. The van der Waals surface area contributed by atoms with Gasteiger partial charge < -0.3 is 5.32 Å². The maximum Gasteiger partial charge on any atom is 0.163 e. The molecule has 2 heterocycles. The molecular formula is C27H29N4. The van der Waals surface area contributed by atoms with Crippen LogP contribution in [0.1, 0.15) is 44.6 Å². The fraction of sp³-hybridized carbons (Fsp3) is 0.259. The van der Waals surface area contributed by atoms with Gasteiger partial charge in [0.25, 0.3) is 0 Å². The molecule has 31 heavy (non-hydrogen) atoms. The first-order chi connectivity index (χ1) is 15.3. The number of fused-ring (bicyclic) bond motifs is 1. The molecule has 4 heteroatoms. The highest BCUT2D eigenvalue weighted by Crippen LogP contribution is 2.23. The Morgan fingerprint density at radius 2 is 1.94 bits per heavy atom. The van der Waals surface area contributed by atoms with Crippen LogP contribution in [0.4, 0.5) is 5.69 Å². The molecule has 2 aromatic carbocycles. The van der Waals surface area contributed by atoms with Gasteiger partial charge in [0.2, 0.25) is 0 Å². The number of hydrogen-bond acceptors (Lipinski definition) is 3. The van der Waals surface area contributed by atoms with E-state index >= 15 is 0 Å². The first-order valence-electron chi connectivity index (χ1n) is 11.1. The van der Waals surface area contributed by atoms with Crippen LogP contribution < -0.4 is 5.32 Å². The van der Waals surface area contributed by atoms with Crippen LogP contribution in [0.25, 0.3) is 23.0 Å². The lowest BCUT2D eigenvalue weighted by Crippen LogP contribution is -2.05. The van der Waals surface area contributed by atoms with Gasteiger partial charge in [0, 0.05) is 24.0 Å². The average molecular weight is 410 g/mol. The van der Waals surface area contributed by atoms with E-state index in [1.54, 1.807) is 12.4 Å². The van der Waals surface area contributed by atoms with Crippen LogP contribution in [0, 0.1) is 6.07 Å². The quantitative estimate of drug-likeness (QED) is 0.298. The average Bonchev–Trinajstić information content (AvgIpc) is 3.30. The van der Waals surface area contributed by atoms with E-state index in [0.717, 1.165) is 35.6 Å². The van der Waals surface area contributed by atoms with Gasteiger partial charge in [-0.25, -0.2) is 9.50 Å². The molecule has 4 aromatic rings. The summed E-state index contributed by atoms with van der Waals surface area (Å²) in [5.74, 6) is 0. The van der Waals surface area contributed by atoms with Crippen molar-refractivity contribution in [3.8, 4) is 11.3 Å². The van der Waals surface area contributed by atoms with Crippen molar-refractivity contribution in [3.63, 3.8) is 0 Å². The third-order valence-corrected chi connectivity index (χ3v) is 5.42. The molecule has 0 amide bonds. The highest BCUT2D eigenvalue weighted by molar-refractivity contribution is 5.67. The van der Waals surface area contributed by atoms with Crippen LogP contribution in [0.2, 0.25) is 0 Å². The number of rotatable bonds is 10. The first kappa shape index (κ1) is 20.9. The zero-order chi connectivity index (χ0) is 21.3. The molecule has 0 saturated heterocycles. The maximum absolute atomic E-state index is 4.36. The predicted octanol–water partition coefficient (Wildman–Crippen LogP) is 6.66. The largest absolute Gasteiger partial charge is 0.381 e. The SMILES string of the molecule is CCCCCC/C(=C\c1ccccc1)CNc1cccc(-c2ccnc3[c]cnn23)c1. The van der Waals surface area contributed by atoms with Crippen molar-refractivity contribution >= 4 is 17.4 Å². The van der Waals surface area contributed by atoms with Crippen molar-refractivity contribution in [1.29, 1.82) is 0 Å². The van der Waals surface area contributed by atoms with E-state index in [0.29, 0.717) is 0 Å². The number of aromatic nitrogens is 3. The summed E-state index contributed by atoms with van der Waals surface area (Å²) in [5.41, 5.74) is 6.64. The zero-order valence-electron chi connectivity index (χ0n) is 18.1. The lowest BCUT2D eigenvalue weighted by Gasteiger charge is -2.13. The minimum Gasteiger partial charge on any atom is -0.381 e. The molecule has 0 spiro atoms. The molecule has 0 fully saturated rings. The molecule has 0 unspecified atom stereocenters. The minimum atomic E-state index is 0.732. The van der Waals surface area contributed by atoms with Gasteiger partial charge in [0.1, 0.15) is 0 Å². The zero-order valence-corrected chi connectivity index (χ0v) is 18.1. The lowest BCUT2D eigenvalue weighted by atomic mass is 10.0. The number of anilines is 1. The molecule has 0 aliphatic rings. The fourth-order valence-electron chi connectivity index (χ4n) is 3.78. The molecule has 4 nitrogen and oxygen atoms in total. The van der Waals surface area contributed by atoms with Gasteiger partial charge in [0.15, 0.2) is 5.65 Å². The number of unbranched alkanes of at least 4 members (excludes halogenated alkanes) is 3. The normalized spacial score (nSPS) is 11.7. The Labute approximate surface area is 184 Å². The summed E-state index contributed by atoms with van der Waals surface area (Å²) < 4.78 is 1.83. The van der Waals surface area contributed by atoms with Gasteiger partial charge >= 0.3 is 0 Å². The van der Waals surface area contributed by atoms with Gasteiger partial charge in [-0.3, -0.25) is 0 Å². The first-order valence-corrected chi connectivity index (χ1v) is 11.1. The lowest BCUT2D eigenvalue weighted by molar-refractivity contribution is 0.663. The monoisotopic (exact) mass is 409 g/mol. The Morgan fingerprint density at radius 1 is 1.03 bits per heavy atom. The van der Waals surface area contributed by atoms with Crippen LogP contribution in [-0.2, 0) is 0 Å². The maximum atomic E-state index is 4.36. The van der Waals surface area contributed by atoms with E-state index in [4.69, 9.17) is 0 Å². The predicted molar refractivity (Wildman–Crippen MR) is 129 cm³/mol. The van der Waals surface area contributed by atoms with Crippen LogP contribution in [-0.4, -0.2) is 21.1 Å². The Hall–Kier alpha value is -3.40. The van der Waals surface area contributed by atoms with Crippen molar-refractivity contribution in [1.82, 2.24) is 14.6 Å². The molecule has 1 radical (unpaired) electrons. The van der Waals surface area contributed by atoms with E-state index in [-0.39, 0.29) is 0 Å². The highest BCUT2D eigenvalue weighted by atomic mass is 15.2. The summed E-state index contributed by atoms with van der Waals surface area (Å²) in [6, 6.07) is 24.1. The summed E-state index contributed by atoms with van der Waals surface area (Å²) in [6.45, 7) is 3.10. The fourth-order valence-corrected chi connectivity index (χ4v) is 3.78. The van der Waals surface area contributed by atoms with E-state index in [1.165, 1.54) is 36.8 Å². The smallest absolute Gasteiger partial charge is 0.163 e. The number of nitrogens with zero attached hydrogens (tertiary/aromatic N) is 3. The third kappa shape index (κ3) is 5.60. The van der Waals surface area contributed by atoms with Crippen LogP contribution >= 0.6 is 0 Å². The molecule has 0 atom stereocenters. The van der Waals surface area contributed by atoms with Crippen LogP contribution in [0.3, 0.4) is 0 Å². The second-order valence-electron chi connectivity index (χ2n) is 7.81. The standard InChI is InChI=1S/C27H29N4/c1-2-3-4-6-12-23(19-22-10-7-5-8-11-22)21-29-25-14-9-13-24(20-25)26-15-17-28-27-16-18-30-31(26)27/h5,7-11,13-15,17-20,29H,2-4,6,12,21H2,1H3/b23-19+. The topological polar surface area (TPSA) is 42.2 Å². The number of hydrogen-bond donors (Lipinski definition) is 1. The summed E-state index contributed by atoms with van der Waals surface area (Å²) >= 11 is 0. The van der Waals surface area contributed by atoms with E-state index in [2.05, 4.69) is 89.1 Å². The molecule has 2 aromatic heterocycles.